The van der Waals surface area contributed by atoms with E-state index in [0.29, 0.717) is 0 Å². The van der Waals surface area contributed by atoms with E-state index < -0.39 is 10.3 Å². The zero-order valence-corrected chi connectivity index (χ0v) is 20.7. The maximum atomic E-state index is 12.4. The van der Waals surface area contributed by atoms with Crippen molar-refractivity contribution in [3.05, 3.63) is 29.8 Å². The molecule has 0 spiro atoms. The summed E-state index contributed by atoms with van der Waals surface area (Å²) in [6.45, 7) is 11.7. The minimum atomic E-state index is -0.603. The van der Waals surface area contributed by atoms with Crippen LogP contribution in [-0.4, -0.2) is 29.4 Å². The van der Waals surface area contributed by atoms with Crippen LogP contribution < -0.4 is 5.32 Å². The van der Waals surface area contributed by atoms with Crippen molar-refractivity contribution in [2.24, 2.45) is 5.92 Å². The molecule has 3 nitrogen and oxygen atoms in total. The Hall–Kier alpha value is -1.00. The molecule has 0 aromatic heterocycles. The van der Waals surface area contributed by atoms with Crippen molar-refractivity contribution in [1.82, 2.24) is 5.32 Å². The van der Waals surface area contributed by atoms with E-state index in [1.807, 2.05) is 34.6 Å². The Morgan fingerprint density at radius 2 is 1.67 bits per heavy atom. The smallest absolute Gasteiger partial charge is 0.322 e. The molecule has 0 aliphatic heterocycles. The summed E-state index contributed by atoms with van der Waals surface area (Å²) in [4.78, 5) is 13.5. The van der Waals surface area contributed by atoms with Gasteiger partial charge in [0.2, 0.25) is 0 Å². The van der Waals surface area contributed by atoms with Crippen molar-refractivity contribution >= 4 is 17.7 Å². The lowest BCUT2D eigenvalue weighted by Crippen LogP contribution is -2.36. The van der Waals surface area contributed by atoms with Crippen molar-refractivity contribution in [1.29, 1.82) is 0 Å². The maximum absolute atomic E-state index is 12.4. The van der Waals surface area contributed by atoms with Gasteiger partial charge in [-0.15, -0.1) is 11.8 Å². The summed E-state index contributed by atoms with van der Waals surface area (Å²) in [7, 11) is 0. The van der Waals surface area contributed by atoms with Crippen LogP contribution in [0.5, 0.6) is 0 Å². The molecule has 0 amide bonds. The van der Waals surface area contributed by atoms with Gasteiger partial charge in [-0.3, -0.25) is 4.79 Å². The Bertz CT molecular complexity index is 627. The van der Waals surface area contributed by atoms with Crippen LogP contribution in [0.2, 0.25) is 0 Å². The van der Waals surface area contributed by atoms with Crippen LogP contribution in [0.4, 0.5) is 0 Å². The molecule has 1 fully saturated rings. The van der Waals surface area contributed by atoms with Crippen molar-refractivity contribution in [3.8, 4) is 0 Å². The average Bonchev–Trinajstić information content (AvgIpc) is 2.68. The fraction of sp³-hybridized carbons (Fsp3) is 0.731. The van der Waals surface area contributed by atoms with E-state index in [2.05, 4.69) is 29.6 Å². The van der Waals surface area contributed by atoms with Gasteiger partial charge in [0, 0.05) is 4.90 Å². The lowest BCUT2D eigenvalue weighted by atomic mass is 9.86. The highest BCUT2D eigenvalue weighted by molar-refractivity contribution is 8.01. The third-order valence-electron chi connectivity index (χ3n) is 5.72. The lowest BCUT2D eigenvalue weighted by Gasteiger charge is -2.28. The first-order chi connectivity index (χ1) is 14.2. The van der Waals surface area contributed by atoms with E-state index in [9.17, 15) is 4.79 Å². The first kappa shape index (κ1) is 25.3. The number of hydrogen-bond acceptors (Lipinski definition) is 4. The van der Waals surface area contributed by atoms with Gasteiger partial charge in [0.1, 0.15) is 10.3 Å². The topological polar surface area (TPSA) is 38.3 Å². The highest BCUT2D eigenvalue weighted by Gasteiger charge is 2.33. The SMILES string of the molecule is CC(C)(C)OC(=O)C(C)(C)Sc1ccc(CCNCCCCC2CCCCC2)cc1. The Balaban J connectivity index is 1.62. The molecule has 1 aliphatic carbocycles. The van der Waals surface area contributed by atoms with Gasteiger partial charge >= 0.3 is 5.97 Å². The molecule has 2 rings (SSSR count). The molecule has 1 saturated carbocycles. The number of benzene rings is 1. The second-order valence-corrected chi connectivity index (χ2v) is 12.0. The predicted molar refractivity (Wildman–Crippen MR) is 129 cm³/mol. The van der Waals surface area contributed by atoms with E-state index in [4.69, 9.17) is 4.74 Å². The molecular formula is C26H43NO2S. The van der Waals surface area contributed by atoms with E-state index in [1.54, 1.807) is 11.8 Å². The fourth-order valence-corrected chi connectivity index (χ4v) is 4.96. The van der Waals surface area contributed by atoms with Gasteiger partial charge in [0.05, 0.1) is 0 Å². The summed E-state index contributed by atoms with van der Waals surface area (Å²) in [5.74, 6) is 0.840. The van der Waals surface area contributed by atoms with Crippen LogP contribution in [0.1, 0.15) is 91.5 Å². The van der Waals surface area contributed by atoms with Gasteiger partial charge in [-0.25, -0.2) is 0 Å². The molecule has 4 heteroatoms. The second kappa shape index (κ2) is 12.1. The molecule has 0 unspecified atom stereocenters. The van der Waals surface area contributed by atoms with Crippen LogP contribution >= 0.6 is 11.8 Å². The number of carbonyl (C=O) groups excluding carboxylic acids is 1. The van der Waals surface area contributed by atoms with Gasteiger partial charge < -0.3 is 10.1 Å². The van der Waals surface area contributed by atoms with Crippen molar-refractivity contribution < 1.29 is 9.53 Å². The number of hydrogen-bond donors (Lipinski definition) is 1. The number of nitrogens with one attached hydrogen (secondary N) is 1. The summed E-state index contributed by atoms with van der Waals surface area (Å²) in [6, 6.07) is 8.60. The second-order valence-electron chi connectivity index (χ2n) is 10.3. The van der Waals surface area contributed by atoms with E-state index in [0.717, 1.165) is 30.3 Å². The fourth-order valence-electron chi connectivity index (χ4n) is 3.98. The normalized spacial score (nSPS) is 15.9. The van der Waals surface area contributed by atoms with Crippen LogP contribution in [-0.2, 0) is 16.0 Å². The van der Waals surface area contributed by atoms with E-state index in [1.165, 1.54) is 56.9 Å². The predicted octanol–water partition coefficient (Wildman–Crippen LogP) is 6.78. The summed E-state index contributed by atoms with van der Waals surface area (Å²) in [5, 5.41) is 3.59. The highest BCUT2D eigenvalue weighted by Crippen LogP contribution is 2.34. The summed E-state index contributed by atoms with van der Waals surface area (Å²) >= 11 is 1.56. The summed E-state index contributed by atoms with van der Waals surface area (Å²) in [5.41, 5.74) is 0.880. The number of rotatable bonds is 11. The molecule has 0 radical (unpaired) electrons. The Morgan fingerprint density at radius 3 is 2.30 bits per heavy atom. The lowest BCUT2D eigenvalue weighted by molar-refractivity contribution is -0.156. The number of esters is 1. The first-order valence-corrected chi connectivity index (χ1v) is 12.7. The van der Waals surface area contributed by atoms with E-state index >= 15 is 0 Å². The van der Waals surface area contributed by atoms with Gasteiger partial charge in [0.25, 0.3) is 0 Å². The molecule has 170 valence electrons. The number of carbonyl (C=O) groups is 1. The van der Waals surface area contributed by atoms with Crippen molar-refractivity contribution in [2.75, 3.05) is 13.1 Å². The van der Waals surface area contributed by atoms with Crippen molar-refractivity contribution in [2.45, 2.75) is 108 Å². The molecule has 0 bridgehead atoms. The summed E-state index contributed by atoms with van der Waals surface area (Å²) in [6.07, 6.45) is 12.5. The third-order valence-corrected chi connectivity index (χ3v) is 6.90. The number of unbranched alkanes of at least 4 members (excludes halogenated alkanes) is 1. The molecule has 1 aromatic rings. The molecule has 0 atom stereocenters. The molecule has 1 N–H and O–H groups in total. The monoisotopic (exact) mass is 433 g/mol. The van der Waals surface area contributed by atoms with Crippen molar-refractivity contribution in [3.63, 3.8) is 0 Å². The number of thioether (sulfide) groups is 1. The van der Waals surface area contributed by atoms with Crippen LogP contribution in [0.15, 0.2) is 29.2 Å². The molecular weight excluding hydrogens is 390 g/mol. The standard InChI is InChI=1S/C26H43NO2S/c1-25(2,3)29-24(28)26(4,5)30-23-16-14-22(15-17-23)18-20-27-19-10-9-13-21-11-7-6-8-12-21/h14-17,21,27H,6-13,18-20H2,1-5H3. The molecule has 30 heavy (non-hydrogen) atoms. The van der Waals surface area contributed by atoms with Crippen LogP contribution in [0.3, 0.4) is 0 Å². The quantitative estimate of drug-likeness (QED) is 0.237. The minimum Gasteiger partial charge on any atom is -0.459 e. The van der Waals surface area contributed by atoms with Crippen LogP contribution in [0, 0.1) is 5.92 Å². The van der Waals surface area contributed by atoms with Crippen LogP contribution in [0.25, 0.3) is 0 Å². The van der Waals surface area contributed by atoms with Gasteiger partial charge in [-0.05, 0) is 84.2 Å². The Labute approximate surface area is 189 Å². The summed E-state index contributed by atoms with van der Waals surface area (Å²) < 4.78 is 4.95. The van der Waals surface area contributed by atoms with Gasteiger partial charge in [0.15, 0.2) is 0 Å². The Morgan fingerprint density at radius 1 is 1.00 bits per heavy atom. The molecule has 1 aliphatic rings. The largest absolute Gasteiger partial charge is 0.459 e. The zero-order valence-electron chi connectivity index (χ0n) is 19.9. The maximum Gasteiger partial charge on any atom is 0.322 e. The molecule has 0 heterocycles. The van der Waals surface area contributed by atoms with E-state index in [-0.39, 0.29) is 5.97 Å². The first-order valence-electron chi connectivity index (χ1n) is 11.9. The molecule has 1 aromatic carbocycles. The number of ether oxygens (including phenoxy) is 1. The molecule has 0 saturated heterocycles. The third kappa shape index (κ3) is 9.87. The highest BCUT2D eigenvalue weighted by atomic mass is 32.2. The minimum absolute atomic E-state index is 0.170. The zero-order chi connectivity index (χ0) is 22.0. The van der Waals surface area contributed by atoms with Gasteiger partial charge in [-0.2, -0.15) is 0 Å². The van der Waals surface area contributed by atoms with Gasteiger partial charge in [-0.1, -0.05) is 57.1 Å². The Kier molecular flexibility index (Phi) is 10.2. The average molecular weight is 434 g/mol.